The molecule has 7 nitrogen and oxygen atoms in total. The van der Waals surface area contributed by atoms with Crippen molar-refractivity contribution in [3.8, 4) is 23.0 Å². The van der Waals surface area contributed by atoms with Gasteiger partial charge in [-0.3, -0.25) is 4.79 Å². The van der Waals surface area contributed by atoms with E-state index in [2.05, 4.69) is 31.9 Å². The number of phenolic OH excluding ortho intramolecular Hbond substituents is 1. The molecule has 0 atom stereocenters. The minimum absolute atomic E-state index is 0.0943. The average Bonchev–Trinajstić information content (AvgIpc) is 3.38. The van der Waals surface area contributed by atoms with Gasteiger partial charge in [0, 0.05) is 26.0 Å². The summed E-state index contributed by atoms with van der Waals surface area (Å²) in [5.74, 6) is -24.5. The molecule has 8 rings (SSSR count). The lowest BCUT2D eigenvalue weighted by atomic mass is 10.1. The van der Waals surface area contributed by atoms with E-state index in [1.165, 1.54) is 0 Å². The average molecular weight is 1270 g/mol. The predicted octanol–water partition coefficient (Wildman–Crippen LogP) is 16.4. The third-order valence-corrected chi connectivity index (χ3v) is 11.3. The van der Waals surface area contributed by atoms with Crippen molar-refractivity contribution in [1.82, 2.24) is 0 Å². The second kappa shape index (κ2) is 28.8. The molecule has 422 valence electrons. The van der Waals surface area contributed by atoms with Gasteiger partial charge in [0.1, 0.15) is 26.1 Å². The van der Waals surface area contributed by atoms with Gasteiger partial charge < -0.3 is 28.8 Å². The maximum absolute atomic E-state index is 14.3. The Kier molecular flexibility index (Phi) is 23.0. The van der Waals surface area contributed by atoms with Crippen LogP contribution in [0.2, 0.25) is 0 Å². The molecule has 79 heavy (non-hydrogen) atoms. The van der Waals surface area contributed by atoms with Crippen molar-refractivity contribution in [3.63, 3.8) is 0 Å². The molecule has 0 amide bonds. The number of rotatable bonds is 13. The van der Waals surface area contributed by atoms with Gasteiger partial charge in [0.05, 0.1) is 13.2 Å². The van der Waals surface area contributed by atoms with Crippen molar-refractivity contribution >= 4 is 38.1 Å². The van der Waals surface area contributed by atoms with E-state index in [4.69, 9.17) is 28.8 Å². The Hall–Kier alpha value is -6.90. The summed E-state index contributed by atoms with van der Waals surface area (Å²) in [4.78, 5) is 10.4. The van der Waals surface area contributed by atoms with Gasteiger partial charge in [-0.15, -0.1) is 0 Å². The van der Waals surface area contributed by atoms with Gasteiger partial charge in [-0.25, -0.2) is 74.6 Å². The number of ether oxygens (including phenoxy) is 5. The topological polar surface area (TPSA) is 83.5 Å². The highest BCUT2D eigenvalue weighted by atomic mass is 79.9. The molecule has 0 radical (unpaired) electrons. The number of aromatic hydroxyl groups is 1. The second-order valence-corrected chi connectivity index (χ2v) is 18.1. The summed E-state index contributed by atoms with van der Waals surface area (Å²) in [6, 6.07) is 11.5. The summed E-state index contributed by atoms with van der Waals surface area (Å²) in [6.45, 7) is 1.27. The Morgan fingerprint density at radius 2 is 0.747 bits per heavy atom. The van der Waals surface area contributed by atoms with Crippen LogP contribution in [0.3, 0.4) is 0 Å². The zero-order valence-electron chi connectivity index (χ0n) is 39.8. The van der Waals surface area contributed by atoms with E-state index in [0.717, 1.165) is 61.4 Å². The molecule has 1 aliphatic rings. The first-order valence-corrected chi connectivity index (χ1v) is 23.8. The standard InChI is InChI=1S/C20H19F5O3.C14H7F5O2.C13H6BrF5O.C6H3BrF2O/c1-2-3-11-8-27-20(28-9-11)13-6-16(23)19(17(24)7-13)26-10-12-4-14(21)18(25)15(22)5-12;15-9-3-8(4-10(16)13(9)19)6-21-14-11(17)1-7(5-20)2-12(14)18;14-7-3-10(17)13(11(18)4-7)20-5-6-1-8(15)12(19)9(16)2-6;7-3-1-4(8)6(10)5(9)2-3/h4-7,11,20H,2-3,8-10H2,1H3;1-5H,6H2;1-4H,5H2;1-2,10H. The number of halogens is 19. The summed E-state index contributed by atoms with van der Waals surface area (Å²) in [7, 11) is 0. The van der Waals surface area contributed by atoms with Crippen LogP contribution >= 0.6 is 31.9 Å². The molecular weight excluding hydrogens is 1230 g/mol. The van der Waals surface area contributed by atoms with E-state index in [-0.39, 0.29) is 49.0 Å². The molecule has 0 bridgehead atoms. The van der Waals surface area contributed by atoms with E-state index in [0.29, 0.717) is 49.6 Å². The first-order chi connectivity index (χ1) is 37.3. The molecule has 26 heteroatoms. The van der Waals surface area contributed by atoms with Crippen LogP contribution in [0, 0.1) is 105 Å². The number of hydrogen-bond donors (Lipinski definition) is 1. The third kappa shape index (κ3) is 17.5. The second-order valence-electron chi connectivity index (χ2n) is 16.3. The van der Waals surface area contributed by atoms with Crippen LogP contribution in [0.5, 0.6) is 23.0 Å². The fourth-order valence-corrected chi connectivity index (χ4v) is 7.50. The summed E-state index contributed by atoms with van der Waals surface area (Å²) in [5, 5.41) is 8.56. The molecule has 0 aliphatic carbocycles. The van der Waals surface area contributed by atoms with Crippen LogP contribution in [-0.4, -0.2) is 24.6 Å². The molecule has 0 saturated carbocycles. The van der Waals surface area contributed by atoms with Gasteiger partial charge in [-0.2, -0.15) is 0 Å². The molecule has 0 spiro atoms. The molecule has 0 aromatic heterocycles. The zero-order chi connectivity index (χ0) is 58.4. The summed E-state index contributed by atoms with van der Waals surface area (Å²) in [6.07, 6.45) is 1.29. The molecule has 1 saturated heterocycles. The van der Waals surface area contributed by atoms with Crippen molar-refractivity contribution in [2.75, 3.05) is 13.2 Å². The van der Waals surface area contributed by atoms with Crippen molar-refractivity contribution in [1.29, 1.82) is 0 Å². The fraction of sp³-hybridized carbons (Fsp3) is 0.189. The Labute approximate surface area is 453 Å². The molecular formula is C53H35Br2F17O7. The van der Waals surface area contributed by atoms with Crippen molar-refractivity contribution in [2.24, 2.45) is 5.92 Å². The monoisotopic (exact) mass is 1260 g/mol. The first kappa shape index (κ1) is 62.9. The van der Waals surface area contributed by atoms with Crippen molar-refractivity contribution in [3.05, 3.63) is 221 Å². The van der Waals surface area contributed by atoms with Crippen LogP contribution in [0.1, 0.15) is 58.7 Å². The van der Waals surface area contributed by atoms with E-state index >= 15 is 0 Å². The summed E-state index contributed by atoms with van der Waals surface area (Å²) in [5.41, 5.74) is -0.416. The Bertz CT molecular complexity index is 3130. The highest BCUT2D eigenvalue weighted by molar-refractivity contribution is 9.10. The SMILES string of the molecule is CCCC1COC(c2cc(F)c(OCc3cc(F)c(F)c(F)c3)c(F)c2)OC1.Fc1cc(COc2c(F)cc(Br)cc2F)cc(F)c1F.O=Cc1cc(F)c(OCc2cc(F)c(F)c(F)c2)c(F)c1.Oc1c(F)cc(Br)cc1F. The first-order valence-electron chi connectivity index (χ1n) is 22.2. The predicted molar refractivity (Wildman–Crippen MR) is 253 cm³/mol. The molecule has 1 aliphatic heterocycles. The molecule has 0 unspecified atom stereocenters. The smallest absolute Gasteiger partial charge is 0.194 e. The van der Waals surface area contributed by atoms with Crippen molar-refractivity contribution < 1.29 is 108 Å². The van der Waals surface area contributed by atoms with Crippen LogP contribution in [-0.2, 0) is 29.3 Å². The largest absolute Gasteiger partial charge is 0.503 e. The maximum atomic E-state index is 14.3. The van der Waals surface area contributed by atoms with Crippen LogP contribution < -0.4 is 14.2 Å². The summed E-state index contributed by atoms with van der Waals surface area (Å²) < 4.78 is 250. The van der Waals surface area contributed by atoms with Gasteiger partial charge in [0.2, 0.25) is 0 Å². The molecule has 7 aromatic carbocycles. The van der Waals surface area contributed by atoms with Gasteiger partial charge in [-0.05, 0) is 108 Å². The lowest BCUT2D eigenvalue weighted by Crippen LogP contribution is -2.27. The zero-order valence-corrected chi connectivity index (χ0v) is 43.0. The number of hydrogen-bond acceptors (Lipinski definition) is 7. The highest BCUT2D eigenvalue weighted by Crippen LogP contribution is 2.33. The number of phenols is 1. The number of carbonyl (C=O) groups is 1. The van der Waals surface area contributed by atoms with Gasteiger partial charge in [-0.1, -0.05) is 45.2 Å². The van der Waals surface area contributed by atoms with Crippen molar-refractivity contribution in [2.45, 2.75) is 45.9 Å². The normalized spacial score (nSPS) is 13.7. The van der Waals surface area contributed by atoms with Gasteiger partial charge >= 0.3 is 0 Å². The van der Waals surface area contributed by atoms with E-state index in [9.17, 15) is 79.4 Å². The van der Waals surface area contributed by atoms with E-state index < -0.39 is 148 Å². The van der Waals surface area contributed by atoms with Crippen LogP contribution in [0.25, 0.3) is 0 Å². The number of carbonyl (C=O) groups excluding carboxylic acids is 1. The number of benzene rings is 7. The van der Waals surface area contributed by atoms with Gasteiger partial charge in [0.15, 0.2) is 128 Å². The lowest BCUT2D eigenvalue weighted by molar-refractivity contribution is -0.206. The van der Waals surface area contributed by atoms with E-state index in [1.54, 1.807) is 0 Å². The minimum atomic E-state index is -1.65. The molecule has 1 N–H and O–H groups in total. The maximum Gasteiger partial charge on any atom is 0.194 e. The molecule has 7 aromatic rings. The van der Waals surface area contributed by atoms with Gasteiger partial charge in [0.25, 0.3) is 0 Å². The fourth-order valence-electron chi connectivity index (χ4n) is 6.69. The molecule has 1 heterocycles. The van der Waals surface area contributed by atoms with Crippen LogP contribution in [0.4, 0.5) is 74.6 Å². The van der Waals surface area contributed by atoms with Crippen LogP contribution in [0.15, 0.2) is 93.9 Å². The number of aldehydes is 1. The lowest BCUT2D eigenvalue weighted by Gasteiger charge is -2.29. The summed E-state index contributed by atoms with van der Waals surface area (Å²) >= 11 is 5.75. The minimum Gasteiger partial charge on any atom is -0.503 e. The Morgan fingerprint density at radius 1 is 0.456 bits per heavy atom. The van der Waals surface area contributed by atoms with E-state index in [1.807, 2.05) is 6.92 Å². The quantitative estimate of drug-likeness (QED) is 0.0700. The molecule has 1 fully saturated rings. The highest BCUT2D eigenvalue weighted by Gasteiger charge is 2.26. The Morgan fingerprint density at radius 3 is 1.05 bits per heavy atom. The Balaban J connectivity index is 0.000000203. The third-order valence-electron chi connectivity index (χ3n) is 10.3.